The number of likely N-dealkylation sites (tertiary alicyclic amines) is 1. The minimum Gasteiger partial charge on any atom is -0.486 e. The number of fused-ring (bicyclic) bond motifs is 1. The third kappa shape index (κ3) is 3.35. The SMILES string of the molecule is c1ccc([C@H]2CCN(CCc3ccc4c(c3)OCCO4)C2)cc1. The Labute approximate surface area is 137 Å². The summed E-state index contributed by atoms with van der Waals surface area (Å²) in [5.74, 6) is 2.47. The van der Waals surface area contributed by atoms with Gasteiger partial charge in [-0.15, -0.1) is 0 Å². The van der Waals surface area contributed by atoms with E-state index in [1.165, 1.54) is 30.6 Å². The zero-order valence-corrected chi connectivity index (χ0v) is 13.4. The number of rotatable bonds is 4. The van der Waals surface area contributed by atoms with Crippen molar-refractivity contribution in [2.75, 3.05) is 32.8 Å². The lowest BCUT2D eigenvalue weighted by Crippen LogP contribution is -2.23. The Morgan fingerprint density at radius 3 is 2.65 bits per heavy atom. The van der Waals surface area contributed by atoms with Gasteiger partial charge in [-0.1, -0.05) is 36.4 Å². The fourth-order valence-corrected chi connectivity index (χ4v) is 3.56. The topological polar surface area (TPSA) is 21.7 Å². The number of hydrogen-bond donors (Lipinski definition) is 0. The lowest BCUT2D eigenvalue weighted by molar-refractivity contribution is 0.171. The zero-order valence-electron chi connectivity index (χ0n) is 13.4. The second kappa shape index (κ2) is 6.63. The molecule has 4 rings (SSSR count). The smallest absolute Gasteiger partial charge is 0.161 e. The van der Waals surface area contributed by atoms with Crippen LogP contribution in [0.4, 0.5) is 0 Å². The first-order valence-electron chi connectivity index (χ1n) is 8.54. The van der Waals surface area contributed by atoms with Crippen molar-refractivity contribution in [2.45, 2.75) is 18.8 Å². The first-order chi connectivity index (χ1) is 11.4. The largest absolute Gasteiger partial charge is 0.486 e. The van der Waals surface area contributed by atoms with Gasteiger partial charge in [0.05, 0.1) is 0 Å². The predicted molar refractivity (Wildman–Crippen MR) is 91.4 cm³/mol. The molecule has 0 saturated carbocycles. The number of nitrogens with zero attached hydrogens (tertiary/aromatic N) is 1. The molecule has 0 bridgehead atoms. The van der Waals surface area contributed by atoms with Gasteiger partial charge in [0.2, 0.25) is 0 Å². The summed E-state index contributed by atoms with van der Waals surface area (Å²) in [4.78, 5) is 2.58. The van der Waals surface area contributed by atoms with Gasteiger partial charge < -0.3 is 14.4 Å². The van der Waals surface area contributed by atoms with E-state index in [0.717, 1.165) is 24.5 Å². The first kappa shape index (κ1) is 14.6. The molecular formula is C20H23NO2. The molecule has 23 heavy (non-hydrogen) atoms. The zero-order chi connectivity index (χ0) is 15.5. The van der Waals surface area contributed by atoms with Crippen molar-refractivity contribution in [3.8, 4) is 11.5 Å². The lowest BCUT2D eigenvalue weighted by atomic mass is 9.99. The van der Waals surface area contributed by atoms with Crippen molar-refractivity contribution < 1.29 is 9.47 Å². The molecule has 0 spiro atoms. The van der Waals surface area contributed by atoms with E-state index >= 15 is 0 Å². The van der Waals surface area contributed by atoms with Crippen LogP contribution in [0.3, 0.4) is 0 Å². The van der Waals surface area contributed by atoms with E-state index in [2.05, 4.69) is 47.4 Å². The Balaban J connectivity index is 1.33. The van der Waals surface area contributed by atoms with E-state index in [9.17, 15) is 0 Å². The molecule has 120 valence electrons. The third-order valence-electron chi connectivity index (χ3n) is 4.87. The second-order valence-electron chi connectivity index (χ2n) is 6.42. The van der Waals surface area contributed by atoms with E-state index in [4.69, 9.17) is 9.47 Å². The van der Waals surface area contributed by atoms with Crippen molar-refractivity contribution in [2.24, 2.45) is 0 Å². The van der Waals surface area contributed by atoms with Gasteiger partial charge in [-0.25, -0.2) is 0 Å². The molecule has 0 radical (unpaired) electrons. The standard InChI is InChI=1S/C20H23NO2/c1-2-4-17(5-3-1)18-9-11-21(15-18)10-8-16-6-7-19-20(14-16)23-13-12-22-19/h1-7,14,18H,8-13,15H2/t18-/m0/s1. The maximum atomic E-state index is 5.67. The highest BCUT2D eigenvalue weighted by Crippen LogP contribution is 2.31. The van der Waals surface area contributed by atoms with Crippen LogP contribution in [0.2, 0.25) is 0 Å². The molecule has 3 nitrogen and oxygen atoms in total. The Kier molecular flexibility index (Phi) is 4.20. The number of ether oxygens (including phenoxy) is 2. The Hall–Kier alpha value is -2.00. The molecule has 0 amide bonds. The van der Waals surface area contributed by atoms with Gasteiger partial charge in [0, 0.05) is 13.1 Å². The summed E-state index contributed by atoms with van der Waals surface area (Å²) in [5, 5.41) is 0. The highest BCUT2D eigenvalue weighted by molar-refractivity contribution is 5.43. The average molecular weight is 309 g/mol. The van der Waals surface area contributed by atoms with Gasteiger partial charge in [-0.05, 0) is 48.6 Å². The summed E-state index contributed by atoms with van der Waals surface area (Å²) < 4.78 is 11.3. The summed E-state index contributed by atoms with van der Waals surface area (Å²) in [5.41, 5.74) is 2.81. The molecule has 2 aliphatic rings. The first-order valence-corrected chi connectivity index (χ1v) is 8.54. The van der Waals surface area contributed by atoms with Crippen LogP contribution in [0.5, 0.6) is 11.5 Å². The highest BCUT2D eigenvalue weighted by Gasteiger charge is 2.23. The Morgan fingerprint density at radius 2 is 1.78 bits per heavy atom. The normalized spacial score (nSPS) is 20.6. The molecule has 0 unspecified atom stereocenters. The van der Waals surface area contributed by atoms with E-state index in [0.29, 0.717) is 19.1 Å². The molecule has 0 aromatic heterocycles. The van der Waals surface area contributed by atoms with Gasteiger partial charge >= 0.3 is 0 Å². The van der Waals surface area contributed by atoms with E-state index in [-0.39, 0.29) is 0 Å². The Bertz CT molecular complexity index is 656. The van der Waals surface area contributed by atoms with Crippen LogP contribution in [-0.4, -0.2) is 37.7 Å². The summed E-state index contributed by atoms with van der Waals surface area (Å²) >= 11 is 0. The van der Waals surface area contributed by atoms with Crippen LogP contribution in [0.15, 0.2) is 48.5 Å². The molecule has 2 aliphatic heterocycles. The monoisotopic (exact) mass is 309 g/mol. The van der Waals surface area contributed by atoms with Crippen molar-refractivity contribution >= 4 is 0 Å². The van der Waals surface area contributed by atoms with Gasteiger partial charge in [0.1, 0.15) is 13.2 Å². The lowest BCUT2D eigenvalue weighted by Gasteiger charge is -2.20. The molecule has 1 fully saturated rings. The molecule has 1 saturated heterocycles. The predicted octanol–water partition coefficient (Wildman–Crippen LogP) is 3.49. The van der Waals surface area contributed by atoms with Crippen LogP contribution >= 0.6 is 0 Å². The molecule has 0 N–H and O–H groups in total. The van der Waals surface area contributed by atoms with Crippen molar-refractivity contribution in [3.63, 3.8) is 0 Å². The Morgan fingerprint density at radius 1 is 0.957 bits per heavy atom. The molecule has 3 heteroatoms. The van der Waals surface area contributed by atoms with Gasteiger partial charge in [-0.3, -0.25) is 0 Å². The molecule has 2 heterocycles. The molecule has 2 aromatic carbocycles. The van der Waals surface area contributed by atoms with Crippen molar-refractivity contribution in [1.29, 1.82) is 0 Å². The maximum absolute atomic E-state index is 5.67. The quantitative estimate of drug-likeness (QED) is 0.863. The van der Waals surface area contributed by atoms with Crippen LogP contribution in [0.25, 0.3) is 0 Å². The third-order valence-corrected chi connectivity index (χ3v) is 4.87. The summed E-state index contributed by atoms with van der Waals surface area (Å²) in [6, 6.07) is 17.3. The summed E-state index contributed by atoms with van der Waals surface area (Å²) in [7, 11) is 0. The summed E-state index contributed by atoms with van der Waals surface area (Å²) in [6.45, 7) is 4.80. The average Bonchev–Trinajstić information content (AvgIpc) is 3.10. The fraction of sp³-hybridized carbons (Fsp3) is 0.400. The van der Waals surface area contributed by atoms with E-state index in [1.54, 1.807) is 0 Å². The highest BCUT2D eigenvalue weighted by atomic mass is 16.6. The van der Waals surface area contributed by atoms with Gasteiger partial charge in [-0.2, -0.15) is 0 Å². The number of hydrogen-bond acceptors (Lipinski definition) is 3. The second-order valence-corrected chi connectivity index (χ2v) is 6.42. The minimum absolute atomic E-state index is 0.654. The molecule has 1 atom stereocenters. The van der Waals surface area contributed by atoms with Gasteiger partial charge in [0.25, 0.3) is 0 Å². The van der Waals surface area contributed by atoms with Gasteiger partial charge in [0.15, 0.2) is 11.5 Å². The van der Waals surface area contributed by atoms with E-state index < -0.39 is 0 Å². The number of benzene rings is 2. The van der Waals surface area contributed by atoms with Crippen LogP contribution in [0, 0.1) is 0 Å². The maximum Gasteiger partial charge on any atom is 0.161 e. The van der Waals surface area contributed by atoms with Crippen LogP contribution < -0.4 is 9.47 Å². The van der Waals surface area contributed by atoms with Crippen molar-refractivity contribution in [1.82, 2.24) is 4.90 Å². The fourth-order valence-electron chi connectivity index (χ4n) is 3.56. The van der Waals surface area contributed by atoms with Crippen LogP contribution in [-0.2, 0) is 6.42 Å². The van der Waals surface area contributed by atoms with Crippen LogP contribution in [0.1, 0.15) is 23.5 Å². The molecular weight excluding hydrogens is 286 g/mol. The van der Waals surface area contributed by atoms with Crippen molar-refractivity contribution in [3.05, 3.63) is 59.7 Å². The molecule has 0 aliphatic carbocycles. The molecule has 2 aromatic rings. The summed E-state index contributed by atoms with van der Waals surface area (Å²) in [6.07, 6.45) is 2.34. The minimum atomic E-state index is 0.654. The van der Waals surface area contributed by atoms with E-state index in [1.807, 2.05) is 6.07 Å².